The zero-order valence-electron chi connectivity index (χ0n) is 9.33. The lowest BCUT2D eigenvalue weighted by Crippen LogP contribution is -2.50. The van der Waals surface area contributed by atoms with E-state index < -0.39 is 21.8 Å². The van der Waals surface area contributed by atoms with E-state index in [-0.39, 0.29) is 43.3 Å². The van der Waals surface area contributed by atoms with Crippen molar-refractivity contribution in [2.45, 2.75) is 18.9 Å². The van der Waals surface area contributed by atoms with Crippen LogP contribution >= 0.6 is 0 Å². The molecule has 0 aromatic carbocycles. The number of carbonyl (C=O) groups is 2. The van der Waals surface area contributed by atoms with Gasteiger partial charge in [0.1, 0.15) is 0 Å². The number of hydrogen-bond donors (Lipinski definition) is 2. The summed E-state index contributed by atoms with van der Waals surface area (Å²) in [5, 5.41) is 8.46. The number of aliphatic carboxylic acids is 1. The maximum atomic E-state index is 11.7. The molecule has 1 aliphatic heterocycles. The van der Waals surface area contributed by atoms with Crippen LogP contribution < -0.4 is 5.73 Å². The van der Waals surface area contributed by atoms with Crippen molar-refractivity contribution in [2.75, 3.05) is 24.6 Å². The van der Waals surface area contributed by atoms with Crippen molar-refractivity contribution in [3.8, 4) is 0 Å². The number of sulfone groups is 1. The molecule has 1 saturated heterocycles. The topological polar surface area (TPSA) is 118 Å². The zero-order chi connectivity index (χ0) is 13.1. The van der Waals surface area contributed by atoms with Crippen molar-refractivity contribution >= 4 is 21.7 Å². The molecule has 17 heavy (non-hydrogen) atoms. The maximum Gasteiger partial charge on any atom is 0.303 e. The summed E-state index contributed by atoms with van der Waals surface area (Å²) < 4.78 is 22.3. The van der Waals surface area contributed by atoms with Gasteiger partial charge in [0.15, 0.2) is 9.84 Å². The van der Waals surface area contributed by atoms with E-state index in [9.17, 15) is 18.0 Å². The predicted octanol–water partition coefficient (Wildman–Crippen LogP) is -1.56. The first-order chi connectivity index (χ1) is 7.82. The molecule has 0 aliphatic carbocycles. The van der Waals surface area contributed by atoms with Gasteiger partial charge in [0.25, 0.3) is 0 Å². The fourth-order valence-electron chi connectivity index (χ4n) is 1.57. The van der Waals surface area contributed by atoms with Crippen LogP contribution in [0.25, 0.3) is 0 Å². The second kappa shape index (κ2) is 5.46. The van der Waals surface area contributed by atoms with Crippen molar-refractivity contribution in [1.82, 2.24) is 4.90 Å². The summed E-state index contributed by atoms with van der Waals surface area (Å²) in [6.45, 7) is 0.282. The average Bonchev–Trinajstić information content (AvgIpc) is 2.25. The fourth-order valence-corrected chi connectivity index (χ4v) is 2.77. The van der Waals surface area contributed by atoms with E-state index in [4.69, 9.17) is 10.8 Å². The highest BCUT2D eigenvalue weighted by Gasteiger charge is 2.28. The molecule has 7 nitrogen and oxygen atoms in total. The quantitative estimate of drug-likeness (QED) is 0.633. The Bertz CT molecular complexity index is 392. The number of carbonyl (C=O) groups excluding carboxylic acids is 1. The van der Waals surface area contributed by atoms with E-state index in [1.54, 1.807) is 0 Å². The van der Waals surface area contributed by atoms with Crippen LogP contribution in [0.2, 0.25) is 0 Å². The number of amides is 1. The van der Waals surface area contributed by atoms with Crippen LogP contribution in [-0.4, -0.2) is 60.9 Å². The number of nitrogens with two attached hydrogens (primary N) is 1. The Balaban J connectivity index is 2.45. The van der Waals surface area contributed by atoms with E-state index in [2.05, 4.69) is 0 Å². The lowest BCUT2D eigenvalue weighted by atomic mass is 10.1. The molecule has 1 unspecified atom stereocenters. The van der Waals surface area contributed by atoms with Crippen LogP contribution in [0.1, 0.15) is 12.8 Å². The van der Waals surface area contributed by atoms with Crippen molar-refractivity contribution in [3.05, 3.63) is 0 Å². The molecule has 1 fully saturated rings. The molecule has 3 N–H and O–H groups in total. The van der Waals surface area contributed by atoms with Crippen molar-refractivity contribution in [2.24, 2.45) is 5.73 Å². The second-order valence-corrected chi connectivity index (χ2v) is 6.32. The molecule has 0 aromatic rings. The van der Waals surface area contributed by atoms with Crippen LogP contribution in [0, 0.1) is 0 Å². The van der Waals surface area contributed by atoms with Gasteiger partial charge in [0, 0.05) is 19.5 Å². The summed E-state index contributed by atoms with van der Waals surface area (Å²) >= 11 is 0. The first-order valence-corrected chi connectivity index (χ1v) is 7.10. The van der Waals surface area contributed by atoms with Crippen molar-refractivity contribution in [1.29, 1.82) is 0 Å². The molecule has 1 rings (SSSR count). The van der Waals surface area contributed by atoms with Gasteiger partial charge in [-0.2, -0.15) is 0 Å². The normalized spacial score (nSPS) is 20.9. The lowest BCUT2D eigenvalue weighted by Gasteiger charge is -2.28. The third-order valence-electron chi connectivity index (χ3n) is 2.64. The summed E-state index contributed by atoms with van der Waals surface area (Å²) in [4.78, 5) is 23.4. The maximum absolute atomic E-state index is 11.7. The first kappa shape index (κ1) is 13.9. The van der Waals surface area contributed by atoms with Crippen LogP contribution in [0.4, 0.5) is 0 Å². The Hall–Kier alpha value is -1.15. The average molecular weight is 264 g/mol. The monoisotopic (exact) mass is 264 g/mol. The SMILES string of the molecule is NC(CCC(=O)O)C(=O)N1CCS(=O)(=O)CC1. The minimum absolute atomic E-state index is 0.0512. The highest BCUT2D eigenvalue weighted by molar-refractivity contribution is 7.91. The number of rotatable bonds is 4. The summed E-state index contributed by atoms with van der Waals surface area (Å²) in [7, 11) is -3.03. The highest BCUT2D eigenvalue weighted by Crippen LogP contribution is 2.07. The highest BCUT2D eigenvalue weighted by atomic mass is 32.2. The first-order valence-electron chi connectivity index (χ1n) is 5.28. The zero-order valence-corrected chi connectivity index (χ0v) is 10.1. The predicted molar refractivity (Wildman–Crippen MR) is 60.1 cm³/mol. The summed E-state index contributed by atoms with van der Waals surface area (Å²) in [5.41, 5.74) is 5.56. The van der Waals surface area contributed by atoms with Gasteiger partial charge in [-0.3, -0.25) is 9.59 Å². The summed E-state index contributed by atoms with van der Waals surface area (Å²) in [6, 6.07) is -0.869. The minimum atomic E-state index is -3.03. The molecule has 1 heterocycles. The van der Waals surface area contributed by atoms with E-state index >= 15 is 0 Å². The standard InChI is InChI=1S/C9H16N2O5S/c10-7(1-2-8(12)13)9(14)11-3-5-17(15,16)6-4-11/h7H,1-6,10H2,(H,12,13). The van der Waals surface area contributed by atoms with Gasteiger partial charge in [0.2, 0.25) is 5.91 Å². The third kappa shape index (κ3) is 4.31. The molecule has 0 spiro atoms. The van der Waals surface area contributed by atoms with Crippen LogP contribution in [0.15, 0.2) is 0 Å². The molecule has 1 atom stereocenters. The Labute approximate surface area is 99.5 Å². The Morgan fingerprint density at radius 1 is 1.29 bits per heavy atom. The van der Waals surface area contributed by atoms with Gasteiger partial charge in [-0.1, -0.05) is 0 Å². The van der Waals surface area contributed by atoms with Gasteiger partial charge in [-0.25, -0.2) is 8.42 Å². The van der Waals surface area contributed by atoms with E-state index in [0.717, 1.165) is 0 Å². The molecule has 0 aromatic heterocycles. The van der Waals surface area contributed by atoms with Gasteiger partial charge in [-0.05, 0) is 6.42 Å². The molecule has 8 heteroatoms. The van der Waals surface area contributed by atoms with E-state index in [1.165, 1.54) is 4.90 Å². The minimum Gasteiger partial charge on any atom is -0.481 e. The molecule has 0 saturated carbocycles. The van der Waals surface area contributed by atoms with Gasteiger partial charge < -0.3 is 15.7 Å². The summed E-state index contributed by atoms with van der Waals surface area (Å²) in [6.07, 6.45) is -0.101. The van der Waals surface area contributed by atoms with Crippen molar-refractivity contribution < 1.29 is 23.1 Å². The van der Waals surface area contributed by atoms with Gasteiger partial charge >= 0.3 is 5.97 Å². The van der Waals surface area contributed by atoms with Gasteiger partial charge in [-0.15, -0.1) is 0 Å². The van der Waals surface area contributed by atoms with E-state index in [1.807, 2.05) is 0 Å². The molecule has 1 amide bonds. The number of hydrogen-bond acceptors (Lipinski definition) is 5. The Morgan fingerprint density at radius 2 is 1.82 bits per heavy atom. The Morgan fingerprint density at radius 3 is 2.29 bits per heavy atom. The molecular weight excluding hydrogens is 248 g/mol. The molecule has 0 radical (unpaired) electrons. The van der Waals surface area contributed by atoms with Gasteiger partial charge in [0.05, 0.1) is 17.5 Å². The molecular formula is C9H16N2O5S. The van der Waals surface area contributed by atoms with Crippen molar-refractivity contribution in [3.63, 3.8) is 0 Å². The Kier molecular flexibility index (Phi) is 4.47. The molecule has 0 bridgehead atoms. The number of carboxylic acids is 1. The molecule has 1 aliphatic rings. The third-order valence-corrected chi connectivity index (χ3v) is 4.25. The fraction of sp³-hybridized carbons (Fsp3) is 0.778. The summed E-state index contributed by atoms with van der Waals surface area (Å²) in [5.74, 6) is -1.48. The lowest BCUT2D eigenvalue weighted by molar-refractivity contribution is -0.137. The molecule has 98 valence electrons. The largest absolute Gasteiger partial charge is 0.481 e. The number of carboxylic acid groups (broad SMARTS) is 1. The van der Waals surface area contributed by atoms with Crippen LogP contribution in [0.5, 0.6) is 0 Å². The number of nitrogens with zero attached hydrogens (tertiary/aromatic N) is 1. The van der Waals surface area contributed by atoms with Crippen LogP contribution in [-0.2, 0) is 19.4 Å². The second-order valence-electron chi connectivity index (χ2n) is 4.02. The van der Waals surface area contributed by atoms with Crippen LogP contribution in [0.3, 0.4) is 0 Å². The smallest absolute Gasteiger partial charge is 0.303 e. The van der Waals surface area contributed by atoms with E-state index in [0.29, 0.717) is 0 Å².